The molecule has 0 bridgehead atoms. The van der Waals surface area contributed by atoms with Gasteiger partial charge in [-0.1, -0.05) is 0 Å². The minimum Gasteiger partial charge on any atom is -0.480 e. The summed E-state index contributed by atoms with van der Waals surface area (Å²) in [6, 6.07) is -0.388. The van der Waals surface area contributed by atoms with E-state index in [0.29, 0.717) is 6.20 Å². The summed E-state index contributed by atoms with van der Waals surface area (Å²) < 4.78 is 36.8. The van der Waals surface area contributed by atoms with Gasteiger partial charge in [0.05, 0.1) is 5.56 Å². The van der Waals surface area contributed by atoms with Crippen molar-refractivity contribution >= 4 is 5.97 Å². The number of aliphatic carboxylic acids is 1. The first kappa shape index (κ1) is 12.4. The molecule has 0 saturated carbocycles. The molecule has 0 aliphatic carbocycles. The van der Waals surface area contributed by atoms with Crippen molar-refractivity contribution < 1.29 is 23.1 Å². The SMILES string of the molecule is N[C@@H](Cc1cncc(C(F)(F)F)c1)C(=O)O. The van der Waals surface area contributed by atoms with Crippen LogP contribution >= 0.6 is 0 Å². The molecule has 3 N–H and O–H groups in total. The van der Waals surface area contributed by atoms with E-state index in [1.807, 2.05) is 0 Å². The normalized spacial score (nSPS) is 13.5. The summed E-state index contributed by atoms with van der Waals surface area (Å²) in [4.78, 5) is 13.8. The highest BCUT2D eigenvalue weighted by atomic mass is 19.4. The summed E-state index contributed by atoms with van der Waals surface area (Å²) in [5, 5.41) is 8.50. The molecule has 0 aliphatic rings. The van der Waals surface area contributed by atoms with Gasteiger partial charge in [-0.05, 0) is 18.1 Å². The van der Waals surface area contributed by atoms with Crippen LogP contribution in [0.1, 0.15) is 11.1 Å². The predicted octanol–water partition coefficient (Wildman–Crippen LogP) is 1.05. The van der Waals surface area contributed by atoms with Crippen LogP contribution < -0.4 is 5.73 Å². The van der Waals surface area contributed by atoms with Crippen LogP contribution in [0.5, 0.6) is 0 Å². The second-order valence-electron chi connectivity index (χ2n) is 3.23. The quantitative estimate of drug-likeness (QED) is 0.819. The van der Waals surface area contributed by atoms with Gasteiger partial charge in [-0.2, -0.15) is 13.2 Å². The number of halogens is 3. The van der Waals surface area contributed by atoms with E-state index in [1.54, 1.807) is 0 Å². The molecule has 0 saturated heterocycles. The number of aromatic nitrogens is 1. The third-order valence-electron chi connectivity index (χ3n) is 1.90. The first-order chi connectivity index (χ1) is 7.30. The van der Waals surface area contributed by atoms with Gasteiger partial charge in [-0.3, -0.25) is 9.78 Å². The first-order valence-electron chi connectivity index (χ1n) is 4.30. The first-order valence-corrected chi connectivity index (χ1v) is 4.30. The zero-order chi connectivity index (χ0) is 12.3. The Morgan fingerprint density at radius 1 is 1.50 bits per heavy atom. The second kappa shape index (κ2) is 4.48. The van der Waals surface area contributed by atoms with Crippen molar-refractivity contribution in [1.82, 2.24) is 4.98 Å². The lowest BCUT2D eigenvalue weighted by molar-refractivity contribution is -0.138. The molecule has 0 amide bonds. The molecule has 16 heavy (non-hydrogen) atoms. The van der Waals surface area contributed by atoms with Crippen molar-refractivity contribution in [3.63, 3.8) is 0 Å². The van der Waals surface area contributed by atoms with Crippen LogP contribution in [0.15, 0.2) is 18.5 Å². The lowest BCUT2D eigenvalue weighted by atomic mass is 10.1. The van der Waals surface area contributed by atoms with Gasteiger partial charge in [0.15, 0.2) is 0 Å². The number of carbonyl (C=O) groups is 1. The Hall–Kier alpha value is -1.63. The topological polar surface area (TPSA) is 76.2 Å². The van der Waals surface area contributed by atoms with Crippen molar-refractivity contribution in [3.8, 4) is 0 Å². The van der Waals surface area contributed by atoms with Gasteiger partial charge in [0.1, 0.15) is 6.04 Å². The van der Waals surface area contributed by atoms with Crippen molar-refractivity contribution in [2.45, 2.75) is 18.6 Å². The molecule has 1 rings (SSSR count). The van der Waals surface area contributed by atoms with E-state index in [4.69, 9.17) is 10.8 Å². The fourth-order valence-electron chi connectivity index (χ4n) is 1.10. The van der Waals surface area contributed by atoms with E-state index < -0.39 is 23.8 Å². The van der Waals surface area contributed by atoms with Crippen LogP contribution in [-0.4, -0.2) is 22.1 Å². The number of nitrogens with zero attached hydrogens (tertiary/aromatic N) is 1. The van der Waals surface area contributed by atoms with Gasteiger partial charge in [0.2, 0.25) is 0 Å². The fourth-order valence-corrected chi connectivity index (χ4v) is 1.10. The van der Waals surface area contributed by atoms with Gasteiger partial charge < -0.3 is 10.8 Å². The maximum atomic E-state index is 12.3. The minimum atomic E-state index is -4.49. The van der Waals surface area contributed by atoms with E-state index in [9.17, 15) is 18.0 Å². The molecule has 0 radical (unpaired) electrons. The largest absolute Gasteiger partial charge is 0.480 e. The van der Waals surface area contributed by atoms with Crippen LogP contribution in [0.25, 0.3) is 0 Å². The fraction of sp³-hybridized carbons (Fsp3) is 0.333. The third-order valence-corrected chi connectivity index (χ3v) is 1.90. The van der Waals surface area contributed by atoms with Crippen LogP contribution in [0.3, 0.4) is 0 Å². The highest BCUT2D eigenvalue weighted by molar-refractivity contribution is 5.73. The maximum Gasteiger partial charge on any atom is 0.417 e. The molecule has 0 aromatic carbocycles. The molecule has 4 nitrogen and oxygen atoms in total. The Morgan fingerprint density at radius 2 is 2.12 bits per heavy atom. The number of alkyl halides is 3. The molecule has 1 atom stereocenters. The van der Waals surface area contributed by atoms with Crippen molar-refractivity contribution in [3.05, 3.63) is 29.6 Å². The summed E-state index contributed by atoms with van der Waals surface area (Å²) in [5.74, 6) is -1.27. The molecular weight excluding hydrogens is 225 g/mol. The Morgan fingerprint density at radius 3 is 2.62 bits per heavy atom. The molecule has 0 unspecified atom stereocenters. The van der Waals surface area contributed by atoms with Crippen LogP contribution in [0.4, 0.5) is 13.2 Å². The summed E-state index contributed by atoms with van der Waals surface area (Å²) >= 11 is 0. The highest BCUT2D eigenvalue weighted by Crippen LogP contribution is 2.28. The van der Waals surface area contributed by atoms with Crippen molar-refractivity contribution in [2.24, 2.45) is 5.73 Å². The van der Waals surface area contributed by atoms with E-state index in [0.717, 1.165) is 12.3 Å². The average Bonchev–Trinajstić information content (AvgIpc) is 2.16. The smallest absolute Gasteiger partial charge is 0.417 e. The van der Waals surface area contributed by atoms with Gasteiger partial charge >= 0.3 is 12.1 Å². The zero-order valence-corrected chi connectivity index (χ0v) is 8.03. The van der Waals surface area contributed by atoms with Gasteiger partial charge in [0.25, 0.3) is 0 Å². The molecular formula is C9H9F3N2O2. The zero-order valence-electron chi connectivity index (χ0n) is 8.03. The lowest BCUT2D eigenvalue weighted by Crippen LogP contribution is -2.32. The van der Waals surface area contributed by atoms with E-state index in [1.165, 1.54) is 0 Å². The summed E-state index contributed by atoms with van der Waals surface area (Å²) in [6.07, 6.45) is -2.84. The van der Waals surface area contributed by atoms with Crippen molar-refractivity contribution in [1.29, 1.82) is 0 Å². The van der Waals surface area contributed by atoms with E-state index in [-0.39, 0.29) is 12.0 Å². The van der Waals surface area contributed by atoms with E-state index in [2.05, 4.69) is 4.98 Å². The summed E-state index contributed by atoms with van der Waals surface area (Å²) in [5.41, 5.74) is 4.43. The summed E-state index contributed by atoms with van der Waals surface area (Å²) in [6.45, 7) is 0. The average molecular weight is 234 g/mol. The number of pyridine rings is 1. The molecule has 0 aliphatic heterocycles. The summed E-state index contributed by atoms with van der Waals surface area (Å²) in [7, 11) is 0. The number of rotatable bonds is 3. The van der Waals surface area contributed by atoms with E-state index >= 15 is 0 Å². The maximum absolute atomic E-state index is 12.3. The van der Waals surface area contributed by atoms with Crippen LogP contribution in [-0.2, 0) is 17.4 Å². The second-order valence-corrected chi connectivity index (χ2v) is 3.23. The Labute approximate surface area is 88.9 Å². The van der Waals surface area contributed by atoms with Gasteiger partial charge in [0, 0.05) is 12.4 Å². The standard InChI is InChI=1S/C9H9F3N2O2/c10-9(11,12)6-1-5(3-14-4-6)2-7(13)8(15)16/h1,3-4,7H,2,13H2,(H,15,16)/t7-/m0/s1. The molecule has 1 aromatic heterocycles. The third kappa shape index (κ3) is 3.20. The number of hydrogen-bond acceptors (Lipinski definition) is 3. The number of carboxylic acid groups (broad SMARTS) is 1. The van der Waals surface area contributed by atoms with Gasteiger partial charge in [-0.25, -0.2) is 0 Å². The Kier molecular flexibility index (Phi) is 3.48. The molecule has 88 valence electrons. The molecule has 0 fully saturated rings. The molecule has 0 spiro atoms. The predicted molar refractivity (Wildman–Crippen MR) is 48.6 cm³/mol. The van der Waals surface area contributed by atoms with Gasteiger partial charge in [-0.15, -0.1) is 0 Å². The number of nitrogens with two attached hydrogens (primary N) is 1. The molecule has 1 heterocycles. The number of hydrogen-bond donors (Lipinski definition) is 2. The highest BCUT2D eigenvalue weighted by Gasteiger charge is 2.31. The Bertz CT molecular complexity index is 393. The lowest BCUT2D eigenvalue weighted by Gasteiger charge is -2.09. The monoisotopic (exact) mass is 234 g/mol. The Balaban J connectivity index is 2.87. The molecule has 7 heteroatoms. The number of carboxylic acids is 1. The van der Waals surface area contributed by atoms with Crippen LogP contribution in [0.2, 0.25) is 0 Å². The minimum absolute atomic E-state index is 0.143. The van der Waals surface area contributed by atoms with Crippen LogP contribution in [0, 0.1) is 0 Å². The van der Waals surface area contributed by atoms with Crippen molar-refractivity contribution in [2.75, 3.05) is 0 Å². The molecule has 1 aromatic rings.